The Hall–Kier alpha value is -1.43. The zero-order valence-electron chi connectivity index (χ0n) is 10.3. The Morgan fingerprint density at radius 1 is 1.42 bits per heavy atom. The van der Waals surface area contributed by atoms with Gasteiger partial charge in [-0.25, -0.2) is 4.39 Å². The summed E-state index contributed by atoms with van der Waals surface area (Å²) in [5.41, 5.74) is -0.0264. The van der Waals surface area contributed by atoms with Gasteiger partial charge in [0.15, 0.2) is 0 Å². The first-order chi connectivity index (χ1) is 8.90. The molecule has 0 unspecified atom stereocenters. The van der Waals surface area contributed by atoms with E-state index in [0.29, 0.717) is 11.0 Å². The van der Waals surface area contributed by atoms with Crippen molar-refractivity contribution in [3.63, 3.8) is 0 Å². The number of nitrogens with zero attached hydrogens (tertiary/aromatic N) is 1. The second kappa shape index (κ2) is 5.28. The Morgan fingerprint density at radius 3 is 2.63 bits per heavy atom. The maximum atomic E-state index is 13.7. The fraction of sp³-hybridized carbons (Fsp3) is 0.385. The molecule has 1 aromatic carbocycles. The van der Waals surface area contributed by atoms with Gasteiger partial charge in [0, 0.05) is 17.6 Å². The molecule has 2 rings (SSSR count). The van der Waals surface area contributed by atoms with Crippen LogP contribution in [0, 0.1) is 17.7 Å². The van der Waals surface area contributed by atoms with Crippen molar-refractivity contribution in [1.82, 2.24) is 4.90 Å². The van der Waals surface area contributed by atoms with Crippen molar-refractivity contribution in [3.8, 4) is 0 Å². The van der Waals surface area contributed by atoms with E-state index < -0.39 is 23.6 Å². The smallest absolute Gasteiger partial charge is 0.308 e. The largest absolute Gasteiger partial charge is 0.481 e. The van der Waals surface area contributed by atoms with Gasteiger partial charge in [0.2, 0.25) is 0 Å². The van der Waals surface area contributed by atoms with Crippen LogP contribution >= 0.6 is 15.9 Å². The Balaban J connectivity index is 2.19. The van der Waals surface area contributed by atoms with E-state index in [2.05, 4.69) is 15.9 Å². The van der Waals surface area contributed by atoms with Crippen molar-refractivity contribution in [2.75, 3.05) is 13.1 Å². The van der Waals surface area contributed by atoms with Gasteiger partial charge in [-0.2, -0.15) is 0 Å². The molecule has 102 valence electrons. The number of benzene rings is 1. The molecular formula is C13H13BrFNO3. The van der Waals surface area contributed by atoms with E-state index in [4.69, 9.17) is 5.11 Å². The van der Waals surface area contributed by atoms with Crippen LogP contribution in [0.4, 0.5) is 4.39 Å². The third-order valence-electron chi connectivity index (χ3n) is 3.38. The lowest BCUT2D eigenvalue weighted by atomic mass is 9.99. The highest BCUT2D eigenvalue weighted by Gasteiger charge is 2.37. The number of aliphatic carboxylic acids is 1. The van der Waals surface area contributed by atoms with Gasteiger partial charge in [0.1, 0.15) is 5.82 Å². The van der Waals surface area contributed by atoms with E-state index in [1.165, 1.54) is 17.0 Å². The number of halogens is 2. The maximum Gasteiger partial charge on any atom is 0.308 e. The SMILES string of the molecule is C[C@@H]1CN(C(=O)c2ccc(Br)cc2F)C[C@H]1C(=O)O. The lowest BCUT2D eigenvalue weighted by molar-refractivity contribution is -0.142. The number of rotatable bonds is 2. The molecule has 0 aliphatic carbocycles. The second-order valence-corrected chi connectivity index (χ2v) is 5.67. The first-order valence-electron chi connectivity index (χ1n) is 5.87. The third-order valence-corrected chi connectivity index (χ3v) is 3.87. The molecule has 1 aliphatic heterocycles. The quantitative estimate of drug-likeness (QED) is 0.906. The predicted molar refractivity (Wildman–Crippen MR) is 70.3 cm³/mol. The van der Waals surface area contributed by atoms with Crippen molar-refractivity contribution in [3.05, 3.63) is 34.1 Å². The summed E-state index contributed by atoms with van der Waals surface area (Å²) in [7, 11) is 0. The summed E-state index contributed by atoms with van der Waals surface area (Å²) in [5.74, 6) is -2.69. The summed E-state index contributed by atoms with van der Waals surface area (Å²) in [6.07, 6.45) is 0. The highest BCUT2D eigenvalue weighted by molar-refractivity contribution is 9.10. The van der Waals surface area contributed by atoms with Crippen molar-refractivity contribution in [2.24, 2.45) is 11.8 Å². The van der Waals surface area contributed by atoms with Crippen LogP contribution in [-0.4, -0.2) is 35.0 Å². The summed E-state index contributed by atoms with van der Waals surface area (Å²) in [6, 6.07) is 4.21. The Labute approximate surface area is 118 Å². The first-order valence-corrected chi connectivity index (χ1v) is 6.66. The molecule has 1 amide bonds. The van der Waals surface area contributed by atoms with Crippen LogP contribution in [0.25, 0.3) is 0 Å². The van der Waals surface area contributed by atoms with Gasteiger partial charge in [0.25, 0.3) is 5.91 Å². The fourth-order valence-electron chi connectivity index (χ4n) is 2.29. The van der Waals surface area contributed by atoms with Crippen LogP contribution in [-0.2, 0) is 4.79 Å². The van der Waals surface area contributed by atoms with E-state index in [-0.39, 0.29) is 18.0 Å². The molecule has 0 aromatic heterocycles. The Bertz CT molecular complexity index is 535. The molecule has 0 radical (unpaired) electrons. The van der Waals surface area contributed by atoms with Gasteiger partial charge < -0.3 is 10.0 Å². The zero-order chi connectivity index (χ0) is 14.2. The summed E-state index contributed by atoms with van der Waals surface area (Å²) in [6.45, 7) is 2.25. The molecule has 1 aromatic rings. The van der Waals surface area contributed by atoms with Crippen molar-refractivity contribution < 1.29 is 19.1 Å². The topological polar surface area (TPSA) is 57.6 Å². The third kappa shape index (κ3) is 2.78. The van der Waals surface area contributed by atoms with E-state index in [1.54, 1.807) is 13.0 Å². The fourth-order valence-corrected chi connectivity index (χ4v) is 2.62. The molecule has 1 aliphatic rings. The number of amides is 1. The molecule has 19 heavy (non-hydrogen) atoms. The second-order valence-electron chi connectivity index (χ2n) is 4.76. The normalized spacial score (nSPS) is 22.6. The molecule has 0 bridgehead atoms. The lowest BCUT2D eigenvalue weighted by Gasteiger charge is -2.16. The van der Waals surface area contributed by atoms with E-state index >= 15 is 0 Å². The maximum absolute atomic E-state index is 13.7. The summed E-state index contributed by atoms with van der Waals surface area (Å²) >= 11 is 3.12. The van der Waals surface area contributed by atoms with E-state index in [0.717, 1.165) is 0 Å². The standard InChI is InChI=1S/C13H13BrFNO3/c1-7-5-16(6-10(7)13(18)19)12(17)9-3-2-8(14)4-11(9)15/h2-4,7,10H,5-6H2,1H3,(H,18,19)/t7-,10-/m1/s1. The summed E-state index contributed by atoms with van der Waals surface area (Å²) in [5, 5.41) is 9.03. The molecule has 4 nitrogen and oxygen atoms in total. The molecule has 0 spiro atoms. The van der Waals surface area contributed by atoms with Crippen LogP contribution in [0.15, 0.2) is 22.7 Å². The molecule has 1 saturated heterocycles. The molecule has 1 N–H and O–H groups in total. The van der Waals surface area contributed by atoms with Gasteiger partial charge in [-0.05, 0) is 24.1 Å². The molecule has 2 atom stereocenters. The number of hydrogen-bond donors (Lipinski definition) is 1. The van der Waals surface area contributed by atoms with Gasteiger partial charge in [-0.15, -0.1) is 0 Å². The molecular weight excluding hydrogens is 317 g/mol. The number of carboxylic acids is 1. The van der Waals surface area contributed by atoms with Crippen molar-refractivity contribution in [1.29, 1.82) is 0 Å². The first kappa shape index (κ1) is 14.0. The van der Waals surface area contributed by atoms with E-state index in [9.17, 15) is 14.0 Å². The molecule has 0 saturated carbocycles. The average Bonchev–Trinajstić information content (AvgIpc) is 2.70. The zero-order valence-corrected chi connectivity index (χ0v) is 11.9. The Morgan fingerprint density at radius 2 is 2.11 bits per heavy atom. The Kier molecular flexibility index (Phi) is 3.89. The number of carboxylic acid groups (broad SMARTS) is 1. The van der Waals surface area contributed by atoms with Crippen LogP contribution in [0.1, 0.15) is 17.3 Å². The predicted octanol–water partition coefficient (Wildman–Crippen LogP) is 2.38. The molecule has 6 heteroatoms. The van der Waals surface area contributed by atoms with E-state index in [1.807, 2.05) is 0 Å². The van der Waals surface area contributed by atoms with Crippen LogP contribution in [0.5, 0.6) is 0 Å². The molecule has 1 fully saturated rings. The highest BCUT2D eigenvalue weighted by atomic mass is 79.9. The minimum absolute atomic E-state index is 0.0264. The van der Waals surface area contributed by atoms with Gasteiger partial charge in [0.05, 0.1) is 11.5 Å². The van der Waals surface area contributed by atoms with Gasteiger partial charge in [-0.3, -0.25) is 9.59 Å². The summed E-state index contributed by atoms with van der Waals surface area (Å²) in [4.78, 5) is 24.6. The van der Waals surface area contributed by atoms with Crippen molar-refractivity contribution >= 4 is 27.8 Å². The van der Waals surface area contributed by atoms with Crippen LogP contribution < -0.4 is 0 Å². The minimum atomic E-state index is -0.918. The van der Waals surface area contributed by atoms with Gasteiger partial charge in [-0.1, -0.05) is 22.9 Å². The lowest BCUT2D eigenvalue weighted by Crippen LogP contribution is -2.30. The number of hydrogen-bond acceptors (Lipinski definition) is 2. The monoisotopic (exact) mass is 329 g/mol. The van der Waals surface area contributed by atoms with Crippen LogP contribution in [0.2, 0.25) is 0 Å². The van der Waals surface area contributed by atoms with Crippen molar-refractivity contribution in [2.45, 2.75) is 6.92 Å². The van der Waals surface area contributed by atoms with Crippen LogP contribution in [0.3, 0.4) is 0 Å². The average molecular weight is 330 g/mol. The highest BCUT2D eigenvalue weighted by Crippen LogP contribution is 2.26. The molecule has 1 heterocycles. The minimum Gasteiger partial charge on any atom is -0.481 e. The summed E-state index contributed by atoms with van der Waals surface area (Å²) < 4.78 is 14.3. The van der Waals surface area contributed by atoms with Gasteiger partial charge >= 0.3 is 5.97 Å². The number of likely N-dealkylation sites (tertiary alicyclic amines) is 1. The number of carbonyl (C=O) groups is 2. The number of carbonyl (C=O) groups excluding carboxylic acids is 1.